The van der Waals surface area contributed by atoms with Crippen LogP contribution in [0.15, 0.2) is 0 Å². The molecule has 5 heteroatoms. The lowest BCUT2D eigenvalue weighted by Gasteiger charge is -2.62. The van der Waals surface area contributed by atoms with Crippen molar-refractivity contribution in [2.45, 2.75) is 297 Å². The van der Waals surface area contributed by atoms with Crippen LogP contribution in [0.1, 0.15) is 248 Å². The molecule has 0 bridgehead atoms. The van der Waals surface area contributed by atoms with Crippen LogP contribution in [0.3, 0.4) is 0 Å². The van der Waals surface area contributed by atoms with Gasteiger partial charge in [0.05, 0.1) is 36.6 Å². The van der Waals surface area contributed by atoms with Crippen molar-refractivity contribution < 1.29 is 23.7 Å². The molecule has 0 aromatic carbocycles. The van der Waals surface area contributed by atoms with Crippen molar-refractivity contribution in [3.8, 4) is 0 Å². The average Bonchev–Trinajstić information content (AvgIpc) is 2.99. The van der Waals surface area contributed by atoms with Gasteiger partial charge in [-0.15, -0.1) is 0 Å². The Balaban J connectivity index is 2.45. The Morgan fingerprint density at radius 1 is 0.254 bits per heavy atom. The number of ether oxygens (including phenoxy) is 5. The van der Waals surface area contributed by atoms with Crippen molar-refractivity contribution in [2.75, 3.05) is 0 Å². The third kappa shape index (κ3) is 15.7. The predicted octanol–water partition coefficient (Wildman–Crippen LogP) is 18.0. The molecule has 0 aliphatic carbocycles. The summed E-state index contributed by atoms with van der Waals surface area (Å²) in [6, 6.07) is 0. The molecule has 3 heterocycles. The molecule has 0 aromatic rings. The lowest BCUT2D eigenvalue weighted by Crippen LogP contribution is -2.66. The number of hydrogen-bond donors (Lipinski definition) is 0. The molecule has 3 rings (SSSR count). The highest BCUT2D eigenvalue weighted by Gasteiger charge is 2.63. The Bertz CT molecular complexity index is 1560. The van der Waals surface area contributed by atoms with Gasteiger partial charge in [0, 0.05) is 17.8 Å². The molecule has 3 aliphatic rings. The molecular weight excluding hydrogens is 825 g/mol. The fourth-order valence-electron chi connectivity index (χ4n) is 13.9. The molecule has 5 nitrogen and oxygen atoms in total. The smallest absolute Gasteiger partial charge is 0.162 e. The van der Waals surface area contributed by atoms with Gasteiger partial charge in [0.1, 0.15) is 0 Å². The number of rotatable bonds is 7. The highest BCUT2D eigenvalue weighted by atomic mass is 16.7. The van der Waals surface area contributed by atoms with E-state index >= 15 is 0 Å². The second-order valence-corrected chi connectivity index (χ2v) is 35.3. The van der Waals surface area contributed by atoms with E-state index in [2.05, 4.69) is 228 Å². The Labute approximate surface area is 420 Å². The van der Waals surface area contributed by atoms with E-state index in [0.29, 0.717) is 11.8 Å². The third-order valence-corrected chi connectivity index (χ3v) is 16.1. The zero-order chi connectivity index (χ0) is 52.8. The Morgan fingerprint density at radius 2 is 0.507 bits per heavy atom. The molecule has 3 aliphatic heterocycles. The fourth-order valence-corrected chi connectivity index (χ4v) is 13.9. The van der Waals surface area contributed by atoms with E-state index in [4.69, 9.17) is 23.7 Å². The summed E-state index contributed by atoms with van der Waals surface area (Å²) in [4.78, 5) is 0. The molecule has 0 N–H and O–H groups in total. The van der Waals surface area contributed by atoms with Crippen LogP contribution in [0.4, 0.5) is 0 Å². The summed E-state index contributed by atoms with van der Waals surface area (Å²) in [5.74, 6) is 1.46. The summed E-state index contributed by atoms with van der Waals surface area (Å²) in [6.45, 7) is 79.9. The minimum atomic E-state index is -0.462. The first kappa shape index (κ1) is 61.1. The first-order chi connectivity index (χ1) is 29.2. The largest absolute Gasteiger partial charge is 0.371 e. The van der Waals surface area contributed by atoms with E-state index in [1.54, 1.807) is 0 Å². The maximum atomic E-state index is 8.11. The third-order valence-electron chi connectivity index (χ3n) is 16.1. The molecule has 0 radical (unpaired) electrons. The van der Waals surface area contributed by atoms with E-state index in [-0.39, 0.29) is 126 Å². The SMILES string of the molecule is CC(C)(C)CC1OC(OC2C(CC(C)(C)C)OC(C(C)(C)C)C(C(C)(C)C)C2C(C)(C)C)C(C(C)(C)C)C(C(C)(C)C)C1OC1OC(CC(C)(C)C)C(C(C)(C)C)C(C(C)(C)C)C1C(C)(C)C. The van der Waals surface area contributed by atoms with Crippen LogP contribution in [-0.4, -0.2) is 49.2 Å². The topological polar surface area (TPSA) is 46.2 Å². The Kier molecular flexibility index (Phi) is 17.9. The molecule has 0 aromatic heterocycles. The van der Waals surface area contributed by atoms with Crippen LogP contribution in [-0.2, 0) is 23.7 Å². The fraction of sp³-hybridized carbons (Fsp3) is 1.00. The minimum Gasteiger partial charge on any atom is -0.371 e. The minimum absolute atomic E-state index is 0.0147. The summed E-state index contributed by atoms with van der Waals surface area (Å²) in [6.07, 6.45) is 1.30. The van der Waals surface area contributed by atoms with Crippen LogP contribution >= 0.6 is 0 Å². The van der Waals surface area contributed by atoms with Gasteiger partial charge in [-0.2, -0.15) is 0 Å². The monoisotopic (exact) mass is 945 g/mol. The van der Waals surface area contributed by atoms with Gasteiger partial charge < -0.3 is 23.7 Å². The zero-order valence-corrected chi connectivity index (χ0v) is 51.3. The van der Waals surface area contributed by atoms with Gasteiger partial charge in [0.15, 0.2) is 12.6 Å². The van der Waals surface area contributed by atoms with E-state index in [1.807, 2.05) is 0 Å². The molecule has 3 fully saturated rings. The average molecular weight is 946 g/mol. The first-order valence-corrected chi connectivity index (χ1v) is 27.5. The maximum absolute atomic E-state index is 8.11. The standard InChI is InChI=1S/C62H120O5/c1-52(2,3)34-37-40(55(10,11)12)41(56(13,14)15)45(60(25,26)27)50(64-37)67-48-39(36-54(7,8)9)65-51(46(61(28,29)30)43(48)58(19,20)21)66-47-38(35-53(4,5)6)63-49(62(31,32)33)44(59(22,23)24)42(47)57(16,17)18/h37-51H,34-36H2,1-33H3. The molecule has 15 unspecified atom stereocenters. The lowest BCUT2D eigenvalue weighted by atomic mass is 9.52. The molecule has 15 atom stereocenters. The molecular formula is C62H120O5. The summed E-state index contributed by atoms with van der Waals surface area (Å²) < 4.78 is 39.5. The molecule has 0 saturated carbocycles. The van der Waals surface area contributed by atoms with Gasteiger partial charge in [-0.25, -0.2) is 0 Å². The molecule has 0 amide bonds. The van der Waals surface area contributed by atoms with E-state index < -0.39 is 12.6 Å². The molecule has 3 saturated heterocycles. The summed E-state index contributed by atoms with van der Waals surface area (Å²) in [5.41, 5.74) is -0.386. The van der Waals surface area contributed by atoms with Crippen molar-refractivity contribution >= 4 is 0 Å². The van der Waals surface area contributed by atoms with Gasteiger partial charge in [0.2, 0.25) is 0 Å². The van der Waals surface area contributed by atoms with Gasteiger partial charge in [-0.05, 0) is 102 Å². The van der Waals surface area contributed by atoms with Crippen LogP contribution in [0, 0.1) is 101 Å². The van der Waals surface area contributed by atoms with Crippen molar-refractivity contribution in [3.05, 3.63) is 0 Å². The van der Waals surface area contributed by atoms with Gasteiger partial charge >= 0.3 is 0 Å². The lowest BCUT2D eigenvalue weighted by molar-refractivity contribution is -0.378. The van der Waals surface area contributed by atoms with Crippen LogP contribution in [0.2, 0.25) is 0 Å². The van der Waals surface area contributed by atoms with E-state index in [1.165, 1.54) is 0 Å². The van der Waals surface area contributed by atoms with Gasteiger partial charge in [-0.1, -0.05) is 228 Å². The Morgan fingerprint density at radius 3 is 0.791 bits per heavy atom. The number of hydrogen-bond acceptors (Lipinski definition) is 5. The highest BCUT2D eigenvalue weighted by Crippen LogP contribution is 2.61. The van der Waals surface area contributed by atoms with Crippen molar-refractivity contribution in [1.82, 2.24) is 0 Å². The van der Waals surface area contributed by atoms with Crippen LogP contribution < -0.4 is 0 Å². The van der Waals surface area contributed by atoms with Crippen molar-refractivity contribution in [1.29, 1.82) is 0 Å². The second-order valence-electron chi connectivity index (χ2n) is 35.3. The van der Waals surface area contributed by atoms with Gasteiger partial charge in [0.25, 0.3) is 0 Å². The summed E-state index contributed by atoms with van der Waals surface area (Å²) in [7, 11) is 0. The summed E-state index contributed by atoms with van der Waals surface area (Å²) in [5, 5.41) is 0. The van der Waals surface area contributed by atoms with Crippen LogP contribution in [0.25, 0.3) is 0 Å². The summed E-state index contributed by atoms with van der Waals surface area (Å²) >= 11 is 0. The van der Waals surface area contributed by atoms with Crippen molar-refractivity contribution in [3.63, 3.8) is 0 Å². The first-order valence-electron chi connectivity index (χ1n) is 27.5. The second kappa shape index (κ2) is 19.6. The highest BCUT2D eigenvalue weighted by molar-refractivity contribution is 5.08. The quantitative estimate of drug-likeness (QED) is 0.254. The predicted molar refractivity (Wildman–Crippen MR) is 288 cm³/mol. The Hall–Kier alpha value is -0.200. The molecule has 0 spiro atoms. The normalized spacial score (nSPS) is 35.5. The maximum Gasteiger partial charge on any atom is 0.162 e. The van der Waals surface area contributed by atoms with E-state index in [9.17, 15) is 0 Å². The molecule has 67 heavy (non-hydrogen) atoms. The van der Waals surface area contributed by atoms with Crippen LogP contribution in [0.5, 0.6) is 0 Å². The molecule has 398 valence electrons. The van der Waals surface area contributed by atoms with Gasteiger partial charge in [-0.3, -0.25) is 0 Å². The zero-order valence-electron chi connectivity index (χ0n) is 51.3. The van der Waals surface area contributed by atoms with Crippen molar-refractivity contribution in [2.24, 2.45) is 101 Å². The van der Waals surface area contributed by atoms with E-state index in [0.717, 1.165) is 19.3 Å².